The SMILES string of the molecule is NC(=O)[C@@H]1[C@H](Nc2ccnc(N)c2N)[C@H]2C=C[C@@H]1C2. The number of primary amides is 1. The summed E-state index contributed by atoms with van der Waals surface area (Å²) in [5.74, 6) is 0.384. The van der Waals surface area contributed by atoms with Crippen LogP contribution in [0.15, 0.2) is 24.4 Å². The smallest absolute Gasteiger partial charge is 0.223 e. The highest BCUT2D eigenvalue weighted by Gasteiger charge is 2.47. The van der Waals surface area contributed by atoms with E-state index in [1.807, 2.05) is 0 Å². The highest BCUT2D eigenvalue weighted by molar-refractivity contribution is 5.81. The van der Waals surface area contributed by atoms with Gasteiger partial charge in [0.2, 0.25) is 5.91 Å². The van der Waals surface area contributed by atoms with Gasteiger partial charge in [0.1, 0.15) is 5.82 Å². The second-order valence-electron chi connectivity index (χ2n) is 5.20. The van der Waals surface area contributed by atoms with Gasteiger partial charge in [-0.1, -0.05) is 12.2 Å². The molecular weight excluding hydrogens is 242 g/mol. The molecule has 1 aromatic heterocycles. The van der Waals surface area contributed by atoms with E-state index in [9.17, 15) is 4.79 Å². The van der Waals surface area contributed by atoms with E-state index in [4.69, 9.17) is 17.2 Å². The van der Waals surface area contributed by atoms with E-state index in [0.29, 0.717) is 23.1 Å². The molecule has 0 radical (unpaired) electrons. The molecule has 6 heteroatoms. The molecule has 1 fully saturated rings. The zero-order chi connectivity index (χ0) is 13.6. The summed E-state index contributed by atoms with van der Waals surface area (Å²) < 4.78 is 0. The molecule has 0 aromatic carbocycles. The first-order valence-electron chi connectivity index (χ1n) is 6.32. The number of allylic oxidation sites excluding steroid dienone is 1. The lowest BCUT2D eigenvalue weighted by Crippen LogP contribution is -2.41. The standard InChI is InChI=1S/C13H17N5O/c14-10-8(3-4-17-12(10)15)18-11-7-2-1-6(5-7)9(11)13(16)19/h1-4,6-7,9,11H,5,14H2,(H2,16,19)(H3,15,17,18)/t6-,7+,9+,11-/m1/s1. The number of nitrogens with zero attached hydrogens (tertiary/aromatic N) is 1. The van der Waals surface area contributed by atoms with Crippen molar-refractivity contribution in [1.82, 2.24) is 4.98 Å². The molecule has 1 heterocycles. The summed E-state index contributed by atoms with van der Waals surface area (Å²) in [4.78, 5) is 15.5. The Labute approximate surface area is 111 Å². The Balaban J connectivity index is 1.88. The van der Waals surface area contributed by atoms with Crippen LogP contribution < -0.4 is 22.5 Å². The molecule has 2 aliphatic carbocycles. The molecule has 2 bridgehead atoms. The molecule has 7 N–H and O–H groups in total. The predicted molar refractivity (Wildman–Crippen MR) is 73.9 cm³/mol. The number of hydrogen-bond acceptors (Lipinski definition) is 5. The Morgan fingerprint density at radius 3 is 2.79 bits per heavy atom. The van der Waals surface area contributed by atoms with Gasteiger partial charge >= 0.3 is 0 Å². The first-order chi connectivity index (χ1) is 9.08. The van der Waals surface area contributed by atoms with E-state index in [1.54, 1.807) is 12.3 Å². The van der Waals surface area contributed by atoms with E-state index in [-0.39, 0.29) is 23.8 Å². The van der Waals surface area contributed by atoms with E-state index in [0.717, 1.165) is 6.42 Å². The molecular formula is C13H17N5O. The molecule has 100 valence electrons. The van der Waals surface area contributed by atoms with E-state index < -0.39 is 0 Å². The first kappa shape index (κ1) is 11.8. The largest absolute Gasteiger partial charge is 0.394 e. The summed E-state index contributed by atoms with van der Waals surface area (Å²) >= 11 is 0. The predicted octanol–water partition coefficient (Wildman–Crippen LogP) is 0.334. The van der Waals surface area contributed by atoms with E-state index in [2.05, 4.69) is 22.5 Å². The summed E-state index contributed by atoms with van der Waals surface area (Å²) in [6.45, 7) is 0. The third-order valence-electron chi connectivity index (χ3n) is 4.13. The van der Waals surface area contributed by atoms with Gasteiger partial charge in [0.05, 0.1) is 17.3 Å². The number of hydrogen-bond donors (Lipinski definition) is 4. The number of aromatic nitrogens is 1. The van der Waals surface area contributed by atoms with Crippen molar-refractivity contribution < 1.29 is 4.79 Å². The van der Waals surface area contributed by atoms with Crippen LogP contribution in [0.3, 0.4) is 0 Å². The van der Waals surface area contributed by atoms with Gasteiger partial charge in [0.15, 0.2) is 0 Å². The van der Waals surface area contributed by atoms with Crippen LogP contribution in [-0.2, 0) is 4.79 Å². The molecule has 1 amide bonds. The van der Waals surface area contributed by atoms with Crippen molar-refractivity contribution in [3.8, 4) is 0 Å². The fourth-order valence-electron chi connectivity index (χ4n) is 3.20. The summed E-state index contributed by atoms with van der Waals surface area (Å²) in [6, 6.07) is 1.75. The van der Waals surface area contributed by atoms with Crippen molar-refractivity contribution in [3.63, 3.8) is 0 Å². The maximum Gasteiger partial charge on any atom is 0.223 e. The number of rotatable bonds is 3. The lowest BCUT2D eigenvalue weighted by atomic mass is 9.88. The van der Waals surface area contributed by atoms with Crippen LogP contribution in [0, 0.1) is 17.8 Å². The summed E-state index contributed by atoms with van der Waals surface area (Å²) in [5, 5.41) is 3.32. The number of nitrogen functional groups attached to an aromatic ring is 2. The fraction of sp³-hybridized carbons (Fsp3) is 0.385. The Hall–Kier alpha value is -2.24. The number of pyridine rings is 1. The van der Waals surface area contributed by atoms with Crippen molar-refractivity contribution in [2.24, 2.45) is 23.5 Å². The Morgan fingerprint density at radius 2 is 2.05 bits per heavy atom. The number of carbonyl (C=O) groups excluding carboxylic acids is 1. The minimum atomic E-state index is -0.269. The van der Waals surface area contributed by atoms with Gasteiger partial charge in [-0.25, -0.2) is 4.98 Å². The average molecular weight is 259 g/mol. The van der Waals surface area contributed by atoms with Gasteiger partial charge in [0.25, 0.3) is 0 Å². The maximum absolute atomic E-state index is 11.6. The van der Waals surface area contributed by atoms with Crippen molar-refractivity contribution in [2.75, 3.05) is 16.8 Å². The minimum absolute atomic E-state index is 0.0170. The summed E-state index contributed by atoms with van der Waals surface area (Å²) in [7, 11) is 0. The molecule has 3 rings (SSSR count). The molecule has 1 saturated carbocycles. The lowest BCUT2D eigenvalue weighted by molar-refractivity contribution is -0.122. The van der Waals surface area contributed by atoms with E-state index >= 15 is 0 Å². The van der Waals surface area contributed by atoms with Crippen LogP contribution in [0.1, 0.15) is 6.42 Å². The zero-order valence-electron chi connectivity index (χ0n) is 10.4. The average Bonchev–Trinajstić information content (AvgIpc) is 2.95. The normalized spacial score (nSPS) is 31.6. The van der Waals surface area contributed by atoms with Crippen molar-refractivity contribution in [3.05, 3.63) is 24.4 Å². The van der Waals surface area contributed by atoms with Gasteiger partial charge < -0.3 is 22.5 Å². The van der Waals surface area contributed by atoms with Gasteiger partial charge in [-0.05, 0) is 24.3 Å². The molecule has 1 aromatic rings. The van der Waals surface area contributed by atoms with Crippen molar-refractivity contribution >= 4 is 23.1 Å². The maximum atomic E-state index is 11.6. The number of fused-ring (bicyclic) bond motifs is 2. The second kappa shape index (κ2) is 4.15. The Bertz CT molecular complexity index is 556. The van der Waals surface area contributed by atoms with Crippen LogP contribution in [0.5, 0.6) is 0 Å². The minimum Gasteiger partial charge on any atom is -0.394 e. The lowest BCUT2D eigenvalue weighted by Gasteiger charge is -2.28. The Kier molecular flexibility index (Phi) is 2.58. The van der Waals surface area contributed by atoms with Crippen molar-refractivity contribution in [2.45, 2.75) is 12.5 Å². The topological polar surface area (TPSA) is 120 Å². The zero-order valence-corrected chi connectivity index (χ0v) is 10.4. The molecule has 19 heavy (non-hydrogen) atoms. The van der Waals surface area contributed by atoms with Crippen LogP contribution >= 0.6 is 0 Å². The fourth-order valence-corrected chi connectivity index (χ4v) is 3.20. The van der Waals surface area contributed by atoms with E-state index in [1.165, 1.54) is 0 Å². The van der Waals surface area contributed by atoms with Gasteiger partial charge in [-0.2, -0.15) is 0 Å². The summed E-state index contributed by atoms with van der Waals surface area (Å²) in [5.41, 5.74) is 18.2. The van der Waals surface area contributed by atoms with Crippen LogP contribution in [0.25, 0.3) is 0 Å². The number of carbonyl (C=O) groups is 1. The highest BCUT2D eigenvalue weighted by Crippen LogP contribution is 2.45. The monoisotopic (exact) mass is 259 g/mol. The number of amides is 1. The van der Waals surface area contributed by atoms with Crippen molar-refractivity contribution in [1.29, 1.82) is 0 Å². The molecule has 0 aliphatic heterocycles. The highest BCUT2D eigenvalue weighted by atomic mass is 16.1. The van der Waals surface area contributed by atoms with Gasteiger partial charge in [0, 0.05) is 12.2 Å². The Morgan fingerprint density at radius 1 is 1.32 bits per heavy atom. The quantitative estimate of drug-likeness (QED) is 0.583. The number of nitrogens with one attached hydrogen (secondary N) is 1. The number of anilines is 3. The molecule has 6 nitrogen and oxygen atoms in total. The van der Waals surface area contributed by atoms with Crippen LogP contribution in [-0.4, -0.2) is 16.9 Å². The first-order valence-corrected chi connectivity index (χ1v) is 6.32. The molecule has 0 unspecified atom stereocenters. The molecule has 0 spiro atoms. The molecule has 0 saturated heterocycles. The molecule has 2 aliphatic rings. The van der Waals surface area contributed by atoms with Crippen LogP contribution in [0.2, 0.25) is 0 Å². The second-order valence-corrected chi connectivity index (χ2v) is 5.20. The third kappa shape index (κ3) is 1.80. The third-order valence-corrected chi connectivity index (χ3v) is 4.13. The summed E-state index contributed by atoms with van der Waals surface area (Å²) in [6.07, 6.45) is 6.78. The number of nitrogens with two attached hydrogens (primary N) is 3. The van der Waals surface area contributed by atoms with Gasteiger partial charge in [-0.15, -0.1) is 0 Å². The molecule has 4 atom stereocenters. The van der Waals surface area contributed by atoms with Gasteiger partial charge in [-0.3, -0.25) is 4.79 Å². The van der Waals surface area contributed by atoms with Crippen LogP contribution in [0.4, 0.5) is 17.2 Å².